The number of fused-ring (bicyclic) bond motifs is 1. The number of aromatic carboxylic acids is 1. The minimum Gasteiger partial charge on any atom is -0.477 e. The molecule has 1 aromatic heterocycles. The van der Waals surface area contributed by atoms with Crippen molar-refractivity contribution in [2.75, 3.05) is 11.4 Å². The lowest BCUT2D eigenvalue weighted by atomic mass is 10.1. The van der Waals surface area contributed by atoms with Crippen LogP contribution in [0.5, 0.6) is 0 Å². The summed E-state index contributed by atoms with van der Waals surface area (Å²) in [5.41, 5.74) is -1.38. The first kappa shape index (κ1) is 16.6. The molecule has 0 saturated heterocycles. The molecule has 2 aromatic rings. The van der Waals surface area contributed by atoms with Crippen LogP contribution in [-0.2, 0) is 19.3 Å². The minimum atomic E-state index is -4.82. The second kappa shape index (κ2) is 6.01. The standard InChI is InChI=1S/C15H13ClF3N3O2/c16-10-4-1-3-9(7-10)8-21-5-2-6-22-13(21)11(14(23)24)12(20-22)15(17,18)19/h1,3-4,7H,2,5-6,8H2,(H,23,24). The quantitative estimate of drug-likeness (QED) is 0.908. The summed E-state index contributed by atoms with van der Waals surface area (Å²) in [6.45, 7) is 0.942. The lowest BCUT2D eigenvalue weighted by Crippen LogP contribution is -2.33. The molecule has 128 valence electrons. The zero-order valence-corrected chi connectivity index (χ0v) is 13.1. The van der Waals surface area contributed by atoms with Crippen LogP contribution in [0.25, 0.3) is 0 Å². The highest BCUT2D eigenvalue weighted by Crippen LogP contribution is 2.38. The molecule has 0 spiro atoms. The summed E-state index contributed by atoms with van der Waals surface area (Å²) in [6, 6.07) is 6.91. The van der Waals surface area contributed by atoms with E-state index in [-0.39, 0.29) is 18.9 Å². The van der Waals surface area contributed by atoms with Gasteiger partial charge in [0, 0.05) is 24.7 Å². The molecule has 3 rings (SSSR count). The van der Waals surface area contributed by atoms with Gasteiger partial charge in [0.25, 0.3) is 0 Å². The van der Waals surface area contributed by atoms with Crippen molar-refractivity contribution in [2.45, 2.75) is 25.7 Å². The highest BCUT2D eigenvalue weighted by molar-refractivity contribution is 6.30. The van der Waals surface area contributed by atoms with Gasteiger partial charge >= 0.3 is 12.1 Å². The Balaban J connectivity index is 2.06. The summed E-state index contributed by atoms with van der Waals surface area (Å²) in [5, 5.41) is 13.3. The molecule has 1 N–H and O–H groups in total. The molecular formula is C15H13ClF3N3O2. The molecule has 0 unspecified atom stereocenters. The SMILES string of the molecule is O=C(O)c1c(C(F)(F)F)nn2c1N(Cc1cccc(Cl)c1)CCC2. The lowest BCUT2D eigenvalue weighted by molar-refractivity contribution is -0.142. The number of hydrogen-bond donors (Lipinski definition) is 1. The number of aryl methyl sites for hydroxylation is 1. The zero-order chi connectivity index (χ0) is 17.5. The van der Waals surface area contributed by atoms with E-state index < -0.39 is 23.4 Å². The lowest BCUT2D eigenvalue weighted by Gasteiger charge is -2.30. The Hall–Kier alpha value is -2.22. The molecule has 2 heterocycles. The number of carboxylic acid groups (broad SMARTS) is 1. The van der Waals surface area contributed by atoms with Crippen LogP contribution < -0.4 is 4.90 Å². The molecule has 9 heteroatoms. The maximum Gasteiger partial charge on any atom is 0.436 e. The van der Waals surface area contributed by atoms with Gasteiger partial charge in [0.05, 0.1) is 0 Å². The van der Waals surface area contributed by atoms with E-state index in [9.17, 15) is 23.1 Å². The van der Waals surface area contributed by atoms with Crippen LogP contribution in [0.4, 0.5) is 19.0 Å². The van der Waals surface area contributed by atoms with E-state index in [2.05, 4.69) is 5.10 Å². The Morgan fingerprint density at radius 1 is 1.33 bits per heavy atom. The third-order valence-electron chi connectivity index (χ3n) is 3.77. The van der Waals surface area contributed by atoms with Crippen molar-refractivity contribution in [1.82, 2.24) is 9.78 Å². The van der Waals surface area contributed by atoms with Gasteiger partial charge in [0.1, 0.15) is 11.4 Å². The van der Waals surface area contributed by atoms with E-state index in [1.54, 1.807) is 29.2 Å². The van der Waals surface area contributed by atoms with Gasteiger partial charge < -0.3 is 10.0 Å². The summed E-state index contributed by atoms with van der Waals surface area (Å²) in [5.74, 6) is -1.65. The Kier molecular flexibility index (Phi) is 4.16. The van der Waals surface area contributed by atoms with E-state index >= 15 is 0 Å². The number of alkyl halides is 3. The zero-order valence-electron chi connectivity index (χ0n) is 12.3. The monoisotopic (exact) mass is 359 g/mol. The van der Waals surface area contributed by atoms with Gasteiger partial charge in [-0.2, -0.15) is 18.3 Å². The van der Waals surface area contributed by atoms with Crippen LogP contribution in [-0.4, -0.2) is 27.4 Å². The van der Waals surface area contributed by atoms with Gasteiger partial charge in [-0.05, 0) is 24.1 Å². The average Bonchev–Trinajstić information content (AvgIpc) is 2.88. The second-order valence-corrected chi connectivity index (χ2v) is 5.91. The number of carboxylic acids is 1. The first-order chi connectivity index (χ1) is 11.3. The fraction of sp³-hybridized carbons (Fsp3) is 0.333. The topological polar surface area (TPSA) is 58.4 Å². The van der Waals surface area contributed by atoms with Gasteiger partial charge in [0.15, 0.2) is 5.69 Å². The number of carbonyl (C=O) groups is 1. The highest BCUT2D eigenvalue weighted by Gasteiger charge is 2.43. The molecule has 0 bridgehead atoms. The normalized spacial score (nSPS) is 14.6. The third kappa shape index (κ3) is 3.06. The van der Waals surface area contributed by atoms with Gasteiger partial charge in [-0.3, -0.25) is 0 Å². The Morgan fingerprint density at radius 2 is 2.08 bits per heavy atom. The minimum absolute atomic E-state index is 0.0129. The fourth-order valence-electron chi connectivity index (χ4n) is 2.85. The van der Waals surface area contributed by atoms with Crippen molar-refractivity contribution in [3.05, 3.63) is 46.1 Å². The molecule has 0 amide bonds. The second-order valence-electron chi connectivity index (χ2n) is 5.48. The summed E-state index contributed by atoms with van der Waals surface area (Å²) >= 11 is 5.93. The average molecular weight is 360 g/mol. The summed E-state index contributed by atoms with van der Waals surface area (Å²) in [6.07, 6.45) is -4.24. The number of rotatable bonds is 3. The largest absolute Gasteiger partial charge is 0.477 e. The molecule has 0 radical (unpaired) electrons. The summed E-state index contributed by atoms with van der Waals surface area (Å²) < 4.78 is 40.5. The van der Waals surface area contributed by atoms with Crippen LogP contribution in [0.1, 0.15) is 28.0 Å². The van der Waals surface area contributed by atoms with Crippen LogP contribution >= 0.6 is 11.6 Å². The van der Waals surface area contributed by atoms with Gasteiger partial charge in [-0.15, -0.1) is 0 Å². The molecular weight excluding hydrogens is 347 g/mol. The molecule has 0 aliphatic carbocycles. The van der Waals surface area contributed by atoms with Crippen LogP contribution in [0.15, 0.2) is 24.3 Å². The van der Waals surface area contributed by atoms with E-state index in [4.69, 9.17) is 11.6 Å². The van der Waals surface area contributed by atoms with E-state index in [0.29, 0.717) is 18.0 Å². The van der Waals surface area contributed by atoms with Crippen LogP contribution in [0.2, 0.25) is 5.02 Å². The van der Waals surface area contributed by atoms with Crippen LogP contribution in [0, 0.1) is 0 Å². The van der Waals surface area contributed by atoms with E-state index in [1.165, 1.54) is 0 Å². The van der Waals surface area contributed by atoms with Crippen molar-refractivity contribution >= 4 is 23.4 Å². The first-order valence-corrected chi connectivity index (χ1v) is 7.56. The van der Waals surface area contributed by atoms with Crippen LogP contribution in [0.3, 0.4) is 0 Å². The first-order valence-electron chi connectivity index (χ1n) is 7.18. The molecule has 0 fully saturated rings. The van der Waals surface area contributed by atoms with E-state index in [0.717, 1.165) is 10.2 Å². The summed E-state index contributed by atoms with van der Waals surface area (Å²) in [7, 11) is 0. The number of anilines is 1. The molecule has 1 aliphatic rings. The number of hydrogen-bond acceptors (Lipinski definition) is 3. The smallest absolute Gasteiger partial charge is 0.436 e. The predicted octanol–water partition coefficient (Wildman–Crippen LogP) is 3.66. The fourth-order valence-corrected chi connectivity index (χ4v) is 3.07. The molecule has 1 aromatic carbocycles. The summed E-state index contributed by atoms with van der Waals surface area (Å²) in [4.78, 5) is 13.1. The van der Waals surface area contributed by atoms with E-state index in [1.807, 2.05) is 0 Å². The highest BCUT2D eigenvalue weighted by atomic mass is 35.5. The number of aromatic nitrogens is 2. The van der Waals surface area contributed by atoms with Gasteiger partial charge in [-0.1, -0.05) is 23.7 Å². The Morgan fingerprint density at radius 3 is 2.71 bits per heavy atom. The molecule has 0 saturated carbocycles. The predicted molar refractivity (Wildman–Crippen MR) is 81.3 cm³/mol. The van der Waals surface area contributed by atoms with Gasteiger partial charge in [-0.25, -0.2) is 9.48 Å². The van der Waals surface area contributed by atoms with Gasteiger partial charge in [0.2, 0.25) is 0 Å². The number of benzene rings is 1. The van der Waals surface area contributed by atoms with Crippen molar-refractivity contribution in [3.63, 3.8) is 0 Å². The maximum atomic E-state index is 13.1. The van der Waals surface area contributed by atoms with Crippen molar-refractivity contribution < 1.29 is 23.1 Å². The number of nitrogens with zero attached hydrogens (tertiary/aromatic N) is 3. The molecule has 1 aliphatic heterocycles. The Bertz CT molecular complexity index is 789. The molecule has 0 atom stereocenters. The van der Waals surface area contributed by atoms with Crippen molar-refractivity contribution in [3.8, 4) is 0 Å². The maximum absolute atomic E-state index is 13.1. The molecule has 24 heavy (non-hydrogen) atoms. The Labute approximate surface area is 140 Å². The van der Waals surface area contributed by atoms with Crippen molar-refractivity contribution in [2.24, 2.45) is 0 Å². The molecule has 5 nitrogen and oxygen atoms in total. The number of halogens is 4. The third-order valence-corrected chi connectivity index (χ3v) is 4.00. The van der Waals surface area contributed by atoms with Crippen molar-refractivity contribution in [1.29, 1.82) is 0 Å².